The van der Waals surface area contributed by atoms with Crippen LogP contribution in [0.25, 0.3) is 0 Å². The average Bonchev–Trinajstić information content (AvgIpc) is 2.20. The highest BCUT2D eigenvalue weighted by atomic mass is 16.6. The number of carbonyl (C=O) groups excluding carboxylic acids is 1. The minimum atomic E-state index is -0.419. The number of hydrogen-bond donors (Lipinski definition) is 0. The Balaban J connectivity index is 3.95. The molecule has 0 aliphatic heterocycles. The van der Waals surface area contributed by atoms with Gasteiger partial charge in [-0.2, -0.15) is 0 Å². The lowest BCUT2D eigenvalue weighted by molar-refractivity contribution is -0.140. The van der Waals surface area contributed by atoms with Crippen molar-refractivity contribution in [3.63, 3.8) is 0 Å². The van der Waals surface area contributed by atoms with E-state index in [2.05, 4.69) is 12.3 Å². The van der Waals surface area contributed by atoms with E-state index in [-0.39, 0.29) is 6.61 Å². The summed E-state index contributed by atoms with van der Waals surface area (Å²) in [5.41, 5.74) is 3.07. The Labute approximate surface area is 84.7 Å². The summed E-state index contributed by atoms with van der Waals surface area (Å²) >= 11 is 0. The quantitative estimate of drug-likeness (QED) is 0.214. The third kappa shape index (κ3) is 5.36. The molecule has 0 bridgehead atoms. The molecule has 0 saturated heterocycles. The van der Waals surface area contributed by atoms with E-state index in [1.807, 2.05) is 6.92 Å². The molecule has 0 aliphatic rings. The van der Waals surface area contributed by atoms with Gasteiger partial charge in [-0.15, -0.1) is 5.73 Å². The maximum absolute atomic E-state index is 11.3. The van der Waals surface area contributed by atoms with Gasteiger partial charge >= 0.3 is 5.97 Å². The topological polar surface area (TPSA) is 35.5 Å². The molecule has 0 rings (SSSR count). The fraction of sp³-hybridized carbons (Fsp3) is 0.455. The van der Waals surface area contributed by atoms with Crippen LogP contribution in [0, 0.1) is 0 Å². The van der Waals surface area contributed by atoms with Crippen LogP contribution in [-0.2, 0) is 14.3 Å². The molecule has 78 valence electrons. The predicted octanol–water partition coefficient (Wildman–Crippen LogP) is 1.85. The van der Waals surface area contributed by atoms with Crippen molar-refractivity contribution in [1.29, 1.82) is 0 Å². The molecule has 0 aromatic carbocycles. The SMILES string of the molecule is C=CC(=C=CC)C(=O)OCCOCC. The summed E-state index contributed by atoms with van der Waals surface area (Å²) in [5, 5.41) is 0. The Kier molecular flexibility index (Phi) is 7.52. The molecule has 0 saturated carbocycles. The molecule has 0 spiro atoms. The van der Waals surface area contributed by atoms with E-state index in [1.54, 1.807) is 13.0 Å². The van der Waals surface area contributed by atoms with Gasteiger partial charge in [-0.1, -0.05) is 6.58 Å². The van der Waals surface area contributed by atoms with Gasteiger partial charge in [0.25, 0.3) is 0 Å². The number of esters is 1. The molecule has 14 heavy (non-hydrogen) atoms. The maximum Gasteiger partial charge on any atom is 0.346 e. The van der Waals surface area contributed by atoms with E-state index in [4.69, 9.17) is 9.47 Å². The third-order valence-electron chi connectivity index (χ3n) is 1.39. The van der Waals surface area contributed by atoms with E-state index in [1.165, 1.54) is 6.08 Å². The normalized spacial score (nSPS) is 8.71. The van der Waals surface area contributed by atoms with Gasteiger partial charge < -0.3 is 9.47 Å². The molecule has 0 amide bonds. The van der Waals surface area contributed by atoms with E-state index in [0.717, 1.165) is 0 Å². The second-order valence-electron chi connectivity index (χ2n) is 2.38. The van der Waals surface area contributed by atoms with Crippen LogP contribution in [0.5, 0.6) is 0 Å². The monoisotopic (exact) mass is 196 g/mol. The van der Waals surface area contributed by atoms with Gasteiger partial charge in [-0.3, -0.25) is 0 Å². The smallest absolute Gasteiger partial charge is 0.346 e. The van der Waals surface area contributed by atoms with Crippen LogP contribution >= 0.6 is 0 Å². The number of hydrogen-bond acceptors (Lipinski definition) is 3. The summed E-state index contributed by atoms with van der Waals surface area (Å²) in [7, 11) is 0. The standard InChI is InChI=1S/C11H16O3/c1-4-7-10(5-2)11(12)14-9-8-13-6-3/h4-5H,2,6,8-9H2,1,3H3. The minimum absolute atomic E-state index is 0.259. The Morgan fingerprint density at radius 3 is 2.71 bits per heavy atom. The molecule has 0 aromatic heterocycles. The van der Waals surface area contributed by atoms with Gasteiger partial charge in [0, 0.05) is 6.61 Å². The first-order valence-corrected chi connectivity index (χ1v) is 4.54. The first-order valence-electron chi connectivity index (χ1n) is 4.54. The highest BCUT2D eigenvalue weighted by Gasteiger charge is 2.05. The third-order valence-corrected chi connectivity index (χ3v) is 1.39. The molecule has 0 radical (unpaired) electrons. The lowest BCUT2D eigenvalue weighted by Crippen LogP contribution is -2.11. The summed E-state index contributed by atoms with van der Waals surface area (Å²) in [5.74, 6) is -0.419. The van der Waals surface area contributed by atoms with Crippen molar-refractivity contribution < 1.29 is 14.3 Å². The molecule has 0 heterocycles. The number of rotatable bonds is 6. The summed E-state index contributed by atoms with van der Waals surface area (Å²) in [6.45, 7) is 8.45. The van der Waals surface area contributed by atoms with E-state index >= 15 is 0 Å². The highest BCUT2D eigenvalue weighted by molar-refractivity contribution is 5.91. The Morgan fingerprint density at radius 2 is 2.21 bits per heavy atom. The average molecular weight is 196 g/mol. The molecule has 0 fully saturated rings. The zero-order chi connectivity index (χ0) is 10.8. The first-order chi connectivity index (χ1) is 6.76. The van der Waals surface area contributed by atoms with Crippen LogP contribution in [0.2, 0.25) is 0 Å². The zero-order valence-electron chi connectivity index (χ0n) is 8.71. The van der Waals surface area contributed by atoms with Crippen molar-refractivity contribution in [2.24, 2.45) is 0 Å². The maximum atomic E-state index is 11.3. The number of ether oxygens (including phenoxy) is 2. The second kappa shape index (κ2) is 8.30. The predicted molar refractivity (Wildman–Crippen MR) is 54.9 cm³/mol. The minimum Gasteiger partial charge on any atom is -0.459 e. The first kappa shape index (κ1) is 12.7. The molecule has 3 heteroatoms. The second-order valence-corrected chi connectivity index (χ2v) is 2.38. The molecular formula is C11H16O3. The molecule has 0 aromatic rings. The molecule has 0 atom stereocenters. The van der Waals surface area contributed by atoms with Gasteiger partial charge in [0.1, 0.15) is 12.2 Å². The van der Waals surface area contributed by atoms with Crippen molar-refractivity contribution in [2.45, 2.75) is 13.8 Å². The summed E-state index contributed by atoms with van der Waals surface area (Å²) in [6, 6.07) is 0. The molecule has 3 nitrogen and oxygen atoms in total. The van der Waals surface area contributed by atoms with E-state index in [9.17, 15) is 4.79 Å². The van der Waals surface area contributed by atoms with E-state index in [0.29, 0.717) is 18.8 Å². The zero-order valence-corrected chi connectivity index (χ0v) is 8.71. The molecule has 0 N–H and O–H groups in total. The molecular weight excluding hydrogens is 180 g/mol. The van der Waals surface area contributed by atoms with Gasteiger partial charge in [0.15, 0.2) is 0 Å². The Bertz CT molecular complexity index is 247. The largest absolute Gasteiger partial charge is 0.459 e. The lowest BCUT2D eigenvalue weighted by Gasteiger charge is -2.03. The van der Waals surface area contributed by atoms with Crippen LogP contribution < -0.4 is 0 Å². The van der Waals surface area contributed by atoms with Crippen molar-refractivity contribution in [3.05, 3.63) is 30.0 Å². The van der Waals surface area contributed by atoms with Crippen LogP contribution in [-0.4, -0.2) is 25.8 Å². The summed E-state index contributed by atoms with van der Waals surface area (Å²) < 4.78 is 9.91. The van der Waals surface area contributed by atoms with E-state index < -0.39 is 5.97 Å². The van der Waals surface area contributed by atoms with Crippen LogP contribution in [0.4, 0.5) is 0 Å². The van der Waals surface area contributed by atoms with Gasteiger partial charge in [0.2, 0.25) is 0 Å². The molecule has 0 aliphatic carbocycles. The Hall–Kier alpha value is -1.31. The number of carbonyl (C=O) groups is 1. The Morgan fingerprint density at radius 1 is 1.50 bits per heavy atom. The fourth-order valence-electron chi connectivity index (χ4n) is 0.772. The van der Waals surface area contributed by atoms with Crippen molar-refractivity contribution >= 4 is 5.97 Å². The van der Waals surface area contributed by atoms with Crippen molar-refractivity contribution in [2.75, 3.05) is 19.8 Å². The van der Waals surface area contributed by atoms with Crippen LogP contribution in [0.1, 0.15) is 13.8 Å². The molecule has 0 unspecified atom stereocenters. The van der Waals surface area contributed by atoms with Crippen molar-refractivity contribution in [3.8, 4) is 0 Å². The van der Waals surface area contributed by atoms with Crippen LogP contribution in [0.15, 0.2) is 30.0 Å². The summed E-state index contributed by atoms with van der Waals surface area (Å²) in [6.07, 6.45) is 3.06. The van der Waals surface area contributed by atoms with Gasteiger partial charge in [0.05, 0.1) is 6.61 Å². The van der Waals surface area contributed by atoms with Gasteiger partial charge in [-0.25, -0.2) is 4.79 Å². The van der Waals surface area contributed by atoms with Crippen LogP contribution in [0.3, 0.4) is 0 Å². The van der Waals surface area contributed by atoms with Crippen molar-refractivity contribution in [1.82, 2.24) is 0 Å². The fourth-order valence-corrected chi connectivity index (χ4v) is 0.772. The van der Waals surface area contributed by atoms with Gasteiger partial charge in [-0.05, 0) is 26.0 Å². The highest BCUT2D eigenvalue weighted by Crippen LogP contribution is 1.97. The summed E-state index contributed by atoms with van der Waals surface area (Å²) in [4.78, 5) is 11.3. The lowest BCUT2D eigenvalue weighted by atomic mass is 10.3.